The molecule has 0 N–H and O–H groups in total. The van der Waals surface area contributed by atoms with E-state index < -0.39 is 0 Å². The molecule has 0 fully saturated rings. The summed E-state index contributed by atoms with van der Waals surface area (Å²) in [5.74, 6) is 0.984. The van der Waals surface area contributed by atoms with Gasteiger partial charge in [-0.25, -0.2) is 0 Å². The van der Waals surface area contributed by atoms with Crippen molar-refractivity contribution in [2.75, 3.05) is 7.11 Å². The topological polar surface area (TPSA) is 9.23 Å². The fourth-order valence-electron chi connectivity index (χ4n) is 1.06. The van der Waals surface area contributed by atoms with Gasteiger partial charge in [0.2, 0.25) is 0 Å². The van der Waals surface area contributed by atoms with Gasteiger partial charge in [-0.2, -0.15) is 0 Å². The summed E-state index contributed by atoms with van der Waals surface area (Å²) in [7, 11) is 1.71. The molecule has 0 unspecified atom stereocenters. The number of hydrogen-bond donors (Lipinski definition) is 0. The van der Waals surface area contributed by atoms with Gasteiger partial charge in [0.15, 0.2) is 0 Å². The summed E-state index contributed by atoms with van der Waals surface area (Å²) in [6, 6.07) is 8.50. The van der Waals surface area contributed by atoms with Crippen LogP contribution in [0.5, 0.6) is 5.75 Å². The molecule has 56 valence electrons. The van der Waals surface area contributed by atoms with Gasteiger partial charge in [0.25, 0.3) is 0 Å². The van der Waals surface area contributed by atoms with Crippen LogP contribution >= 0.6 is 0 Å². The van der Waals surface area contributed by atoms with Crippen molar-refractivity contribution in [3.05, 3.63) is 28.3 Å². The van der Waals surface area contributed by atoms with E-state index in [0.717, 1.165) is 5.75 Å². The molecule has 0 saturated carbocycles. The molecule has 0 amide bonds. The average Bonchev–Trinajstić information content (AvgIpc) is 2.50. The van der Waals surface area contributed by atoms with E-state index in [1.165, 1.54) is 8.79 Å². The van der Waals surface area contributed by atoms with Crippen LogP contribution in [0.2, 0.25) is 0 Å². The molecule has 0 bridgehead atoms. The Labute approximate surface area is 75.2 Å². The van der Waals surface area contributed by atoms with Crippen molar-refractivity contribution in [3.8, 4) is 5.75 Å². The molecule has 0 radical (unpaired) electrons. The molecule has 1 nitrogen and oxygen atoms in total. The van der Waals surface area contributed by atoms with E-state index in [4.69, 9.17) is 4.74 Å². The van der Waals surface area contributed by atoms with Crippen molar-refractivity contribution >= 4 is 29.2 Å². The predicted octanol–water partition coefficient (Wildman–Crippen LogP) is 1.91. The molecule has 1 aromatic carbocycles. The first kappa shape index (κ1) is 7.21. The van der Waals surface area contributed by atoms with Crippen LogP contribution in [0.15, 0.2) is 28.3 Å². The van der Waals surface area contributed by atoms with Crippen LogP contribution in [-0.4, -0.2) is 27.5 Å². The quantitative estimate of drug-likeness (QED) is 0.711. The van der Waals surface area contributed by atoms with E-state index in [2.05, 4.69) is 22.3 Å². The molecular weight excluding hydrogens is 252 g/mol. The number of hydrogen-bond acceptors (Lipinski definition) is 1. The number of ether oxygens (including phenoxy) is 1. The summed E-state index contributed by atoms with van der Waals surface area (Å²) in [4.78, 5) is 0. The minimum absolute atomic E-state index is 0.0262. The van der Waals surface area contributed by atoms with E-state index in [9.17, 15) is 0 Å². The van der Waals surface area contributed by atoms with Gasteiger partial charge >= 0.3 is 75.2 Å². The first-order valence-corrected chi connectivity index (χ1v) is 5.92. The third-order valence-electron chi connectivity index (χ3n) is 1.66. The first-order chi connectivity index (χ1) is 5.40. The average molecular weight is 260 g/mol. The Morgan fingerprint density at radius 1 is 1.27 bits per heavy atom. The van der Waals surface area contributed by atoms with Crippen molar-refractivity contribution in [1.82, 2.24) is 0 Å². The molecule has 2 aromatic rings. The molecule has 2 rings (SSSR count). The summed E-state index contributed by atoms with van der Waals surface area (Å²) >= 11 is -0.0262. The Kier molecular flexibility index (Phi) is 1.89. The van der Waals surface area contributed by atoms with Gasteiger partial charge in [-0.15, -0.1) is 0 Å². The molecule has 1 heterocycles. The van der Waals surface area contributed by atoms with Crippen LogP contribution in [0.4, 0.5) is 0 Å². The third-order valence-corrected chi connectivity index (χ3v) is 4.17. The van der Waals surface area contributed by atoms with Gasteiger partial charge < -0.3 is 0 Å². The molecule has 11 heavy (non-hydrogen) atoms. The SMILES string of the molecule is COc1ccc2cc[te]c2c1. The van der Waals surface area contributed by atoms with Crippen molar-refractivity contribution in [2.24, 2.45) is 0 Å². The maximum atomic E-state index is 5.13. The standard InChI is InChI=1S/C9H8OTe/c1-10-8-3-2-7-4-5-11-9(7)6-8/h2-6H,1H3. The Bertz CT molecular complexity index is 364. The Morgan fingerprint density at radius 2 is 2.18 bits per heavy atom. The second-order valence-corrected chi connectivity index (χ2v) is 5.03. The third kappa shape index (κ3) is 1.29. The fourth-order valence-corrected chi connectivity index (χ4v) is 3.40. The van der Waals surface area contributed by atoms with Crippen LogP contribution < -0.4 is 4.74 Å². The van der Waals surface area contributed by atoms with Gasteiger partial charge in [-0.05, 0) is 0 Å². The summed E-state index contributed by atoms with van der Waals surface area (Å²) < 4.78 is 8.93. The Hall–Kier alpha value is -0.450. The summed E-state index contributed by atoms with van der Waals surface area (Å²) in [5, 5.41) is 1.38. The van der Waals surface area contributed by atoms with E-state index in [1.54, 1.807) is 7.11 Å². The number of fused-ring (bicyclic) bond motifs is 1. The van der Waals surface area contributed by atoms with E-state index in [0.29, 0.717) is 0 Å². The van der Waals surface area contributed by atoms with Crippen LogP contribution in [0, 0.1) is 0 Å². The van der Waals surface area contributed by atoms with Gasteiger partial charge in [-0.1, -0.05) is 0 Å². The summed E-state index contributed by atoms with van der Waals surface area (Å²) in [5.41, 5.74) is 0. The molecule has 0 atom stereocenters. The molecule has 0 aliphatic heterocycles. The zero-order valence-electron chi connectivity index (χ0n) is 6.20. The summed E-state index contributed by atoms with van der Waals surface area (Å²) in [6.45, 7) is 0. The van der Waals surface area contributed by atoms with E-state index in [-0.39, 0.29) is 20.4 Å². The fraction of sp³-hybridized carbons (Fsp3) is 0.111. The van der Waals surface area contributed by atoms with Gasteiger partial charge in [0, 0.05) is 0 Å². The molecular formula is C9H8OTe. The monoisotopic (exact) mass is 262 g/mol. The maximum absolute atomic E-state index is 5.13. The van der Waals surface area contributed by atoms with Gasteiger partial charge in [0.05, 0.1) is 0 Å². The Balaban J connectivity index is 2.67. The molecule has 0 aliphatic carbocycles. The molecule has 0 saturated heterocycles. The molecule has 2 heteroatoms. The van der Waals surface area contributed by atoms with Gasteiger partial charge in [-0.3, -0.25) is 0 Å². The van der Waals surface area contributed by atoms with E-state index >= 15 is 0 Å². The van der Waals surface area contributed by atoms with Crippen molar-refractivity contribution in [2.45, 2.75) is 0 Å². The normalized spacial score (nSPS) is 10.3. The van der Waals surface area contributed by atoms with Crippen molar-refractivity contribution < 1.29 is 4.74 Å². The van der Waals surface area contributed by atoms with Crippen molar-refractivity contribution in [1.29, 1.82) is 0 Å². The minimum atomic E-state index is -0.0262. The number of methoxy groups -OCH3 is 1. The predicted molar refractivity (Wildman–Crippen MR) is 47.4 cm³/mol. The number of rotatable bonds is 1. The second-order valence-electron chi connectivity index (χ2n) is 2.32. The van der Waals surface area contributed by atoms with Crippen LogP contribution in [0.1, 0.15) is 0 Å². The first-order valence-electron chi connectivity index (χ1n) is 3.41. The van der Waals surface area contributed by atoms with Gasteiger partial charge in [0.1, 0.15) is 0 Å². The molecule has 0 spiro atoms. The van der Waals surface area contributed by atoms with Crippen LogP contribution in [0.3, 0.4) is 0 Å². The zero-order valence-corrected chi connectivity index (χ0v) is 8.53. The second kappa shape index (κ2) is 2.89. The van der Waals surface area contributed by atoms with Crippen LogP contribution in [-0.2, 0) is 0 Å². The Morgan fingerprint density at radius 3 is 3.00 bits per heavy atom. The molecule has 1 aromatic heterocycles. The van der Waals surface area contributed by atoms with Crippen molar-refractivity contribution in [3.63, 3.8) is 0 Å². The zero-order chi connectivity index (χ0) is 7.68. The van der Waals surface area contributed by atoms with E-state index in [1.807, 2.05) is 6.07 Å². The molecule has 0 aliphatic rings. The number of benzene rings is 1. The van der Waals surface area contributed by atoms with Crippen LogP contribution in [0.25, 0.3) is 8.79 Å². The summed E-state index contributed by atoms with van der Waals surface area (Å²) in [6.07, 6.45) is 0.